The molecule has 0 aliphatic carbocycles. The number of carbonyl (C=O) groups excluding carboxylic acids is 2. The van der Waals surface area contributed by atoms with Crippen molar-refractivity contribution in [2.75, 3.05) is 43.1 Å². The molecule has 0 saturated carbocycles. The summed E-state index contributed by atoms with van der Waals surface area (Å²) in [5.41, 5.74) is 4.50. The molecule has 1 saturated heterocycles. The molecule has 34 heavy (non-hydrogen) atoms. The molecule has 6 heteroatoms. The molecule has 3 aromatic rings. The third-order valence-corrected chi connectivity index (χ3v) is 6.71. The summed E-state index contributed by atoms with van der Waals surface area (Å²) >= 11 is 0. The first kappa shape index (κ1) is 22.2. The summed E-state index contributed by atoms with van der Waals surface area (Å²) in [6, 6.07) is 23.3. The number of rotatable bonds is 6. The fourth-order valence-electron chi connectivity index (χ4n) is 4.85. The zero-order chi connectivity index (χ0) is 23.5. The molecule has 1 atom stereocenters. The molecule has 0 aromatic heterocycles. The fourth-order valence-corrected chi connectivity index (χ4v) is 4.85. The average Bonchev–Trinajstić information content (AvgIpc) is 2.90. The van der Waals surface area contributed by atoms with Gasteiger partial charge in [0.05, 0.1) is 19.6 Å². The normalized spacial score (nSPS) is 17.9. The van der Waals surface area contributed by atoms with Crippen molar-refractivity contribution in [2.24, 2.45) is 0 Å². The molecular weight excluding hydrogens is 426 g/mol. The number of hydrogen-bond acceptors (Lipinski definition) is 5. The van der Waals surface area contributed by atoms with E-state index < -0.39 is 5.92 Å². The van der Waals surface area contributed by atoms with Crippen LogP contribution in [0.4, 0.5) is 11.4 Å². The van der Waals surface area contributed by atoms with Crippen molar-refractivity contribution >= 4 is 23.1 Å². The van der Waals surface area contributed by atoms with Crippen molar-refractivity contribution < 1.29 is 14.3 Å². The summed E-state index contributed by atoms with van der Waals surface area (Å²) in [6.07, 6.45) is 0.162. The summed E-state index contributed by atoms with van der Waals surface area (Å²) in [7, 11) is 1.60. The molecule has 1 N–H and O–H groups in total. The number of amides is 1. The Bertz CT molecular complexity index is 1170. The number of methoxy groups -OCH3 is 1. The van der Waals surface area contributed by atoms with Crippen LogP contribution in [0.2, 0.25) is 0 Å². The van der Waals surface area contributed by atoms with Gasteiger partial charge < -0.3 is 19.9 Å². The van der Waals surface area contributed by atoms with Crippen molar-refractivity contribution in [3.05, 3.63) is 89.5 Å². The molecule has 174 valence electrons. The average molecular weight is 456 g/mol. The highest BCUT2D eigenvalue weighted by molar-refractivity contribution is 6.09. The van der Waals surface area contributed by atoms with Gasteiger partial charge in [-0.05, 0) is 53.6 Å². The van der Waals surface area contributed by atoms with Gasteiger partial charge in [-0.25, -0.2) is 0 Å². The van der Waals surface area contributed by atoms with Gasteiger partial charge in [0.15, 0.2) is 5.78 Å². The highest BCUT2D eigenvalue weighted by atomic mass is 16.5. The number of ether oxygens (including phenoxy) is 1. The van der Waals surface area contributed by atoms with E-state index >= 15 is 0 Å². The standard InChI is InChI=1S/C28H29N3O3/c1-34-23-10-7-21(8-11-23)28(33)25-18-27(32)31(19-20-5-3-2-4-6-20)26-12-9-22(17-24(25)26)30-15-13-29-14-16-30/h2-12,17,25,29H,13-16,18-19H2,1H3. The lowest BCUT2D eigenvalue weighted by Gasteiger charge is -2.36. The summed E-state index contributed by atoms with van der Waals surface area (Å²) in [5, 5.41) is 3.39. The number of Topliss-reactive ketones (excluding diaryl/α,β-unsaturated/α-hetero) is 1. The van der Waals surface area contributed by atoms with E-state index in [1.165, 1.54) is 0 Å². The Kier molecular flexibility index (Phi) is 6.32. The van der Waals surface area contributed by atoms with E-state index in [0.717, 1.165) is 48.7 Å². The van der Waals surface area contributed by atoms with E-state index in [1.807, 2.05) is 41.3 Å². The number of carbonyl (C=O) groups is 2. The van der Waals surface area contributed by atoms with Crippen LogP contribution in [-0.2, 0) is 11.3 Å². The van der Waals surface area contributed by atoms with Crippen molar-refractivity contribution in [1.82, 2.24) is 5.32 Å². The van der Waals surface area contributed by atoms with Gasteiger partial charge in [-0.15, -0.1) is 0 Å². The topological polar surface area (TPSA) is 61.9 Å². The third-order valence-electron chi connectivity index (χ3n) is 6.71. The lowest BCUT2D eigenvalue weighted by Crippen LogP contribution is -2.44. The number of ketones is 1. The first-order valence-corrected chi connectivity index (χ1v) is 11.8. The maximum atomic E-state index is 13.6. The Morgan fingerprint density at radius 1 is 1.00 bits per heavy atom. The second-order valence-corrected chi connectivity index (χ2v) is 8.80. The van der Waals surface area contributed by atoms with Crippen LogP contribution in [0.5, 0.6) is 5.75 Å². The minimum atomic E-state index is -0.509. The van der Waals surface area contributed by atoms with Gasteiger partial charge >= 0.3 is 0 Å². The highest BCUT2D eigenvalue weighted by Crippen LogP contribution is 2.41. The Labute approximate surface area is 200 Å². The van der Waals surface area contributed by atoms with Crippen molar-refractivity contribution in [3.8, 4) is 5.75 Å². The zero-order valence-electron chi connectivity index (χ0n) is 19.4. The number of nitrogens with one attached hydrogen (secondary N) is 1. The van der Waals surface area contributed by atoms with E-state index in [4.69, 9.17) is 4.74 Å². The summed E-state index contributed by atoms with van der Waals surface area (Å²) in [5.74, 6) is 0.129. The molecule has 5 rings (SSSR count). The second-order valence-electron chi connectivity index (χ2n) is 8.80. The summed E-state index contributed by atoms with van der Waals surface area (Å²) in [4.78, 5) is 31.1. The molecule has 1 amide bonds. The lowest BCUT2D eigenvalue weighted by atomic mass is 9.83. The van der Waals surface area contributed by atoms with E-state index in [0.29, 0.717) is 17.9 Å². The number of nitrogens with zero attached hydrogens (tertiary/aromatic N) is 2. The second kappa shape index (κ2) is 9.69. The quantitative estimate of drug-likeness (QED) is 0.569. The van der Waals surface area contributed by atoms with Crippen LogP contribution in [-0.4, -0.2) is 45.0 Å². The molecule has 0 spiro atoms. The summed E-state index contributed by atoms with van der Waals surface area (Å²) < 4.78 is 5.24. The maximum Gasteiger partial charge on any atom is 0.228 e. The number of fused-ring (bicyclic) bond motifs is 1. The molecule has 0 radical (unpaired) electrons. The van der Waals surface area contributed by atoms with E-state index in [2.05, 4.69) is 22.3 Å². The number of piperazine rings is 1. The van der Waals surface area contributed by atoms with Gasteiger partial charge in [0, 0.05) is 49.5 Å². The Morgan fingerprint density at radius 2 is 1.74 bits per heavy atom. The highest BCUT2D eigenvalue weighted by Gasteiger charge is 2.36. The van der Waals surface area contributed by atoms with Crippen molar-refractivity contribution in [3.63, 3.8) is 0 Å². The van der Waals surface area contributed by atoms with Crippen LogP contribution in [0.3, 0.4) is 0 Å². The first-order valence-electron chi connectivity index (χ1n) is 11.8. The van der Waals surface area contributed by atoms with Crippen LogP contribution >= 0.6 is 0 Å². The fraction of sp³-hybridized carbons (Fsp3) is 0.286. The molecule has 2 aliphatic heterocycles. The third kappa shape index (κ3) is 4.41. The number of benzene rings is 3. The van der Waals surface area contributed by atoms with Gasteiger partial charge in [-0.2, -0.15) is 0 Å². The Balaban J connectivity index is 1.53. The van der Waals surface area contributed by atoms with Gasteiger partial charge in [-0.3, -0.25) is 9.59 Å². The van der Waals surface area contributed by atoms with Gasteiger partial charge in [-0.1, -0.05) is 30.3 Å². The van der Waals surface area contributed by atoms with Crippen molar-refractivity contribution in [1.29, 1.82) is 0 Å². The number of anilines is 2. The van der Waals surface area contributed by atoms with Crippen LogP contribution in [0.1, 0.15) is 33.8 Å². The minimum absolute atomic E-state index is 0.0295. The van der Waals surface area contributed by atoms with Crippen LogP contribution in [0.25, 0.3) is 0 Å². The van der Waals surface area contributed by atoms with E-state index in [9.17, 15) is 9.59 Å². The molecule has 0 bridgehead atoms. The van der Waals surface area contributed by atoms with Gasteiger partial charge in [0.2, 0.25) is 5.91 Å². The predicted octanol–water partition coefficient (Wildman–Crippen LogP) is 4.01. The summed E-state index contributed by atoms with van der Waals surface area (Å²) in [6.45, 7) is 4.20. The smallest absolute Gasteiger partial charge is 0.228 e. The van der Waals surface area contributed by atoms with Crippen LogP contribution in [0.15, 0.2) is 72.8 Å². The molecule has 2 aliphatic rings. The number of hydrogen-bond donors (Lipinski definition) is 1. The van der Waals surface area contributed by atoms with E-state index in [-0.39, 0.29) is 18.1 Å². The Hall–Kier alpha value is -3.64. The van der Waals surface area contributed by atoms with Gasteiger partial charge in [0.1, 0.15) is 5.75 Å². The van der Waals surface area contributed by atoms with Crippen LogP contribution < -0.4 is 19.9 Å². The van der Waals surface area contributed by atoms with E-state index in [1.54, 1.807) is 31.4 Å². The SMILES string of the molecule is COc1ccc(C(=O)C2CC(=O)N(Cc3ccccc3)c3ccc(N4CCNCC4)cc32)cc1. The largest absolute Gasteiger partial charge is 0.497 e. The predicted molar refractivity (Wildman–Crippen MR) is 134 cm³/mol. The molecule has 2 heterocycles. The monoisotopic (exact) mass is 455 g/mol. The molecule has 1 fully saturated rings. The zero-order valence-corrected chi connectivity index (χ0v) is 19.4. The first-order chi connectivity index (χ1) is 16.6. The van der Waals surface area contributed by atoms with Crippen LogP contribution in [0, 0.1) is 0 Å². The lowest BCUT2D eigenvalue weighted by molar-refractivity contribution is -0.119. The molecule has 6 nitrogen and oxygen atoms in total. The minimum Gasteiger partial charge on any atom is -0.497 e. The Morgan fingerprint density at radius 3 is 2.44 bits per heavy atom. The molecular formula is C28H29N3O3. The maximum absolute atomic E-state index is 13.6. The molecule has 3 aromatic carbocycles. The van der Waals surface area contributed by atoms with Crippen molar-refractivity contribution in [2.45, 2.75) is 18.9 Å². The molecule has 1 unspecified atom stereocenters. The van der Waals surface area contributed by atoms with Gasteiger partial charge in [0.25, 0.3) is 0 Å².